The van der Waals surface area contributed by atoms with Gasteiger partial charge in [0.15, 0.2) is 5.78 Å². The number of amides is 1. The lowest BCUT2D eigenvalue weighted by Crippen LogP contribution is -2.30. The molecule has 0 unspecified atom stereocenters. The van der Waals surface area contributed by atoms with Crippen molar-refractivity contribution in [2.75, 3.05) is 6.54 Å². The van der Waals surface area contributed by atoms with Gasteiger partial charge in [0.05, 0.1) is 6.04 Å². The Balaban J connectivity index is 1.83. The summed E-state index contributed by atoms with van der Waals surface area (Å²) in [6.07, 6.45) is 3.63. The first-order chi connectivity index (χ1) is 9.66. The van der Waals surface area contributed by atoms with Crippen LogP contribution < -0.4 is 0 Å². The maximum Gasteiger partial charge on any atom is 0.270 e. The Bertz CT molecular complexity index is 630. The van der Waals surface area contributed by atoms with Gasteiger partial charge in [0.2, 0.25) is 0 Å². The highest BCUT2D eigenvalue weighted by atomic mass is 32.1. The largest absolute Gasteiger partial charge is 0.356 e. The summed E-state index contributed by atoms with van der Waals surface area (Å²) >= 11 is 1.65. The average molecular weight is 288 g/mol. The molecule has 1 saturated heterocycles. The number of ketones is 1. The second-order valence-corrected chi connectivity index (χ2v) is 5.85. The number of H-pyrrole nitrogens is 1. The summed E-state index contributed by atoms with van der Waals surface area (Å²) in [5.74, 6) is -0.0534. The quantitative estimate of drug-likeness (QED) is 0.881. The molecular weight excluding hydrogens is 272 g/mol. The van der Waals surface area contributed by atoms with Crippen LogP contribution in [0.15, 0.2) is 29.1 Å². The van der Waals surface area contributed by atoms with Crippen LogP contribution in [-0.4, -0.2) is 28.1 Å². The minimum Gasteiger partial charge on any atom is -0.356 e. The molecular formula is C15H16N2O2S. The van der Waals surface area contributed by atoms with Gasteiger partial charge < -0.3 is 9.88 Å². The molecule has 0 spiro atoms. The lowest BCUT2D eigenvalue weighted by atomic mass is 10.1. The third-order valence-corrected chi connectivity index (χ3v) is 4.46. The first kappa shape index (κ1) is 13.1. The summed E-state index contributed by atoms with van der Waals surface area (Å²) in [7, 11) is 0. The van der Waals surface area contributed by atoms with E-state index in [0.717, 1.165) is 19.4 Å². The fourth-order valence-corrected chi connectivity index (χ4v) is 3.40. The molecule has 2 aromatic heterocycles. The van der Waals surface area contributed by atoms with Crippen LogP contribution in [0.4, 0.5) is 0 Å². The molecule has 1 atom stereocenters. The number of nitrogens with one attached hydrogen (secondary N) is 1. The molecule has 1 amide bonds. The molecule has 1 aliphatic heterocycles. The number of hydrogen-bond acceptors (Lipinski definition) is 3. The fraction of sp³-hybridized carbons (Fsp3) is 0.333. The van der Waals surface area contributed by atoms with Crippen LogP contribution in [-0.2, 0) is 0 Å². The molecule has 5 heteroatoms. The van der Waals surface area contributed by atoms with Gasteiger partial charge in [-0.15, -0.1) is 0 Å². The van der Waals surface area contributed by atoms with Crippen molar-refractivity contribution in [3.63, 3.8) is 0 Å². The number of nitrogens with zero attached hydrogens (tertiary/aromatic N) is 1. The Morgan fingerprint density at radius 3 is 2.95 bits per heavy atom. The van der Waals surface area contributed by atoms with Crippen LogP contribution in [0.25, 0.3) is 0 Å². The van der Waals surface area contributed by atoms with E-state index in [1.807, 2.05) is 10.3 Å². The van der Waals surface area contributed by atoms with Crippen LogP contribution >= 0.6 is 11.3 Å². The Morgan fingerprint density at radius 2 is 2.30 bits per heavy atom. The first-order valence-corrected chi connectivity index (χ1v) is 7.63. The smallest absolute Gasteiger partial charge is 0.270 e. The lowest BCUT2D eigenvalue weighted by molar-refractivity contribution is 0.0730. The topological polar surface area (TPSA) is 53.2 Å². The Morgan fingerprint density at radius 1 is 1.45 bits per heavy atom. The van der Waals surface area contributed by atoms with Gasteiger partial charge in [0.25, 0.3) is 5.91 Å². The minimum absolute atomic E-state index is 0.0220. The van der Waals surface area contributed by atoms with Crippen molar-refractivity contribution in [2.45, 2.75) is 25.8 Å². The third kappa shape index (κ3) is 2.29. The number of likely N-dealkylation sites (tertiary alicyclic amines) is 1. The zero-order valence-corrected chi connectivity index (χ0v) is 12.1. The molecule has 0 aliphatic carbocycles. The zero-order valence-electron chi connectivity index (χ0n) is 11.3. The normalized spacial score (nSPS) is 18.4. The number of carbonyl (C=O) groups is 2. The Labute approximate surface area is 121 Å². The third-order valence-electron chi connectivity index (χ3n) is 3.76. The number of aromatic amines is 1. The highest BCUT2D eigenvalue weighted by molar-refractivity contribution is 7.07. The molecule has 20 heavy (non-hydrogen) atoms. The van der Waals surface area contributed by atoms with E-state index in [1.54, 1.807) is 23.6 Å². The van der Waals surface area contributed by atoms with Gasteiger partial charge in [-0.2, -0.15) is 11.3 Å². The molecule has 0 saturated carbocycles. The number of carbonyl (C=O) groups excluding carboxylic acids is 2. The second-order valence-electron chi connectivity index (χ2n) is 5.07. The molecule has 1 fully saturated rings. The van der Waals surface area contributed by atoms with Gasteiger partial charge in [-0.05, 0) is 48.2 Å². The number of hydrogen-bond donors (Lipinski definition) is 1. The van der Waals surface area contributed by atoms with Crippen molar-refractivity contribution in [1.82, 2.24) is 9.88 Å². The van der Waals surface area contributed by atoms with Crippen LogP contribution in [0.1, 0.15) is 52.2 Å². The molecule has 3 rings (SSSR count). The summed E-state index contributed by atoms with van der Waals surface area (Å²) in [5.41, 5.74) is 2.26. The molecule has 0 bridgehead atoms. The van der Waals surface area contributed by atoms with Crippen molar-refractivity contribution in [3.8, 4) is 0 Å². The van der Waals surface area contributed by atoms with Crippen molar-refractivity contribution < 1.29 is 9.59 Å². The van der Waals surface area contributed by atoms with E-state index < -0.39 is 0 Å². The zero-order chi connectivity index (χ0) is 14.1. The van der Waals surface area contributed by atoms with Crippen LogP contribution in [0, 0.1) is 0 Å². The van der Waals surface area contributed by atoms with Crippen LogP contribution in [0.2, 0.25) is 0 Å². The van der Waals surface area contributed by atoms with Crippen molar-refractivity contribution in [3.05, 3.63) is 45.9 Å². The molecule has 0 radical (unpaired) electrons. The molecule has 1 N–H and O–H groups in total. The van der Waals surface area contributed by atoms with Crippen molar-refractivity contribution >= 4 is 23.0 Å². The minimum atomic E-state index is -0.0314. The van der Waals surface area contributed by atoms with Gasteiger partial charge in [-0.1, -0.05) is 0 Å². The summed E-state index contributed by atoms with van der Waals surface area (Å²) in [4.78, 5) is 28.7. The number of rotatable bonds is 3. The van der Waals surface area contributed by atoms with Gasteiger partial charge in [0.1, 0.15) is 5.69 Å². The molecule has 0 aromatic carbocycles. The van der Waals surface area contributed by atoms with Gasteiger partial charge >= 0.3 is 0 Å². The van der Waals surface area contributed by atoms with E-state index in [0.29, 0.717) is 11.3 Å². The molecule has 4 nitrogen and oxygen atoms in total. The Kier molecular flexibility index (Phi) is 3.44. The lowest BCUT2D eigenvalue weighted by Gasteiger charge is -2.23. The van der Waals surface area contributed by atoms with Crippen LogP contribution in [0.5, 0.6) is 0 Å². The standard InChI is InChI=1S/C15H16N2O2S/c1-10(18)12-7-13(16-8-12)15(19)17-5-2-3-14(17)11-4-6-20-9-11/h4,6-9,14,16H,2-3,5H2,1H3/t14-/m1/s1. The average Bonchev–Trinajstić information content (AvgIpc) is 3.17. The highest BCUT2D eigenvalue weighted by Crippen LogP contribution is 2.34. The van der Waals surface area contributed by atoms with E-state index in [2.05, 4.69) is 16.4 Å². The second kappa shape index (κ2) is 5.25. The molecule has 2 aromatic rings. The number of thiophene rings is 1. The van der Waals surface area contributed by atoms with Crippen molar-refractivity contribution in [2.24, 2.45) is 0 Å². The Hall–Kier alpha value is -1.88. The van der Waals surface area contributed by atoms with Crippen LogP contribution in [0.3, 0.4) is 0 Å². The highest BCUT2D eigenvalue weighted by Gasteiger charge is 2.31. The van der Waals surface area contributed by atoms with E-state index in [4.69, 9.17) is 0 Å². The maximum atomic E-state index is 12.6. The van der Waals surface area contributed by atoms with Gasteiger partial charge in [-0.3, -0.25) is 9.59 Å². The number of Topliss-reactive ketones (excluding diaryl/α,β-unsaturated/α-hetero) is 1. The SMILES string of the molecule is CC(=O)c1c[nH]c(C(=O)N2CCC[C@@H]2c2ccsc2)c1. The fourth-order valence-electron chi connectivity index (χ4n) is 2.70. The maximum absolute atomic E-state index is 12.6. The predicted molar refractivity (Wildman–Crippen MR) is 78.1 cm³/mol. The van der Waals surface area contributed by atoms with Gasteiger partial charge in [0, 0.05) is 18.3 Å². The number of aromatic nitrogens is 1. The van der Waals surface area contributed by atoms with E-state index in [1.165, 1.54) is 12.5 Å². The van der Waals surface area contributed by atoms with Crippen molar-refractivity contribution in [1.29, 1.82) is 0 Å². The molecule has 1 aliphatic rings. The summed E-state index contributed by atoms with van der Waals surface area (Å²) in [5, 5.41) is 4.14. The molecule has 104 valence electrons. The van der Waals surface area contributed by atoms with E-state index >= 15 is 0 Å². The first-order valence-electron chi connectivity index (χ1n) is 6.69. The molecule has 3 heterocycles. The summed E-state index contributed by atoms with van der Waals surface area (Å²) in [6, 6.07) is 3.89. The summed E-state index contributed by atoms with van der Waals surface area (Å²) < 4.78 is 0. The van der Waals surface area contributed by atoms with E-state index in [-0.39, 0.29) is 17.7 Å². The van der Waals surface area contributed by atoms with E-state index in [9.17, 15) is 9.59 Å². The summed E-state index contributed by atoms with van der Waals surface area (Å²) in [6.45, 7) is 2.27. The monoisotopic (exact) mass is 288 g/mol. The predicted octanol–water partition coefficient (Wildman–Crippen LogP) is 3.26. The van der Waals surface area contributed by atoms with Gasteiger partial charge in [-0.25, -0.2) is 0 Å².